The van der Waals surface area contributed by atoms with E-state index in [4.69, 9.17) is 21.1 Å². The minimum absolute atomic E-state index is 0.369. The zero-order valence-electron chi connectivity index (χ0n) is 14.1. The zero-order valence-corrected chi connectivity index (χ0v) is 14.8. The zero-order chi connectivity index (χ0) is 17.8. The van der Waals surface area contributed by atoms with E-state index >= 15 is 0 Å². The first-order valence-corrected chi connectivity index (χ1v) is 8.42. The summed E-state index contributed by atoms with van der Waals surface area (Å²) in [6.07, 6.45) is 0.765. The monoisotopic (exact) mass is 355 g/mol. The van der Waals surface area contributed by atoms with Gasteiger partial charge < -0.3 is 9.47 Å². The number of carbonyl (C=O) groups is 1. The fraction of sp³-hybridized carbons (Fsp3) is 0.200. The van der Waals surface area contributed by atoms with Crippen LogP contribution in [0.3, 0.4) is 0 Å². The molecule has 0 atom stereocenters. The minimum Gasteiger partial charge on any atom is -0.497 e. The van der Waals surface area contributed by atoms with Crippen molar-refractivity contribution in [3.05, 3.63) is 59.1 Å². The lowest BCUT2D eigenvalue weighted by atomic mass is 10.0. The fourth-order valence-corrected chi connectivity index (χ4v) is 2.72. The predicted molar refractivity (Wildman–Crippen MR) is 99.3 cm³/mol. The van der Waals surface area contributed by atoms with Gasteiger partial charge in [0, 0.05) is 16.0 Å². The van der Waals surface area contributed by atoms with Crippen LogP contribution in [0.5, 0.6) is 5.75 Å². The molecule has 128 valence electrons. The Balaban J connectivity index is 2.13. The number of hydrogen-bond donors (Lipinski definition) is 0. The van der Waals surface area contributed by atoms with Crippen molar-refractivity contribution < 1.29 is 14.3 Å². The molecule has 0 fully saturated rings. The van der Waals surface area contributed by atoms with E-state index in [1.54, 1.807) is 31.4 Å². The van der Waals surface area contributed by atoms with Crippen LogP contribution in [0.4, 0.5) is 0 Å². The van der Waals surface area contributed by atoms with Crippen LogP contribution in [-0.2, 0) is 4.74 Å². The van der Waals surface area contributed by atoms with Gasteiger partial charge in [-0.2, -0.15) is 0 Å². The largest absolute Gasteiger partial charge is 0.497 e. The van der Waals surface area contributed by atoms with Crippen LogP contribution in [-0.4, -0.2) is 24.7 Å². The van der Waals surface area contributed by atoms with Gasteiger partial charge >= 0.3 is 5.97 Å². The normalized spacial score (nSPS) is 10.7. The number of halogens is 1. The van der Waals surface area contributed by atoms with Gasteiger partial charge in [-0.05, 0) is 55.0 Å². The summed E-state index contributed by atoms with van der Waals surface area (Å²) < 4.78 is 10.5. The fourth-order valence-electron chi connectivity index (χ4n) is 2.55. The van der Waals surface area contributed by atoms with Gasteiger partial charge in [0.2, 0.25) is 0 Å². The molecule has 0 aliphatic rings. The number of esters is 1. The molecular weight excluding hydrogens is 338 g/mol. The van der Waals surface area contributed by atoms with Crippen molar-refractivity contribution in [3.63, 3.8) is 0 Å². The second-order valence-electron chi connectivity index (χ2n) is 5.58. The number of methoxy groups -OCH3 is 1. The summed E-state index contributed by atoms with van der Waals surface area (Å²) in [5, 5.41) is 1.24. The number of hydrogen-bond acceptors (Lipinski definition) is 4. The highest BCUT2D eigenvalue weighted by atomic mass is 35.5. The molecule has 0 bridgehead atoms. The number of nitrogens with zero attached hydrogens (tertiary/aromatic N) is 1. The maximum absolute atomic E-state index is 12.5. The molecule has 3 rings (SSSR count). The first kappa shape index (κ1) is 17.2. The summed E-state index contributed by atoms with van der Waals surface area (Å²) in [6, 6.07) is 14.6. The molecule has 0 unspecified atom stereocenters. The van der Waals surface area contributed by atoms with Crippen LogP contribution in [0, 0.1) is 0 Å². The third-order valence-electron chi connectivity index (χ3n) is 3.81. The van der Waals surface area contributed by atoms with Crippen molar-refractivity contribution in [1.29, 1.82) is 0 Å². The Morgan fingerprint density at radius 2 is 1.88 bits per heavy atom. The number of ether oxygens (including phenoxy) is 2. The Hall–Kier alpha value is -2.59. The summed E-state index contributed by atoms with van der Waals surface area (Å²) in [7, 11) is 1.62. The Bertz CT molecular complexity index is 907. The van der Waals surface area contributed by atoms with Crippen LogP contribution in [0.25, 0.3) is 22.2 Å². The molecule has 0 amide bonds. The third kappa shape index (κ3) is 3.74. The average Bonchev–Trinajstić information content (AvgIpc) is 2.65. The lowest BCUT2D eigenvalue weighted by Crippen LogP contribution is -2.07. The van der Waals surface area contributed by atoms with Crippen molar-refractivity contribution in [3.8, 4) is 17.0 Å². The molecule has 0 spiro atoms. The molecule has 2 aromatic carbocycles. The summed E-state index contributed by atoms with van der Waals surface area (Å²) >= 11 is 6.10. The van der Waals surface area contributed by atoms with E-state index in [1.165, 1.54) is 0 Å². The van der Waals surface area contributed by atoms with E-state index in [0.29, 0.717) is 33.8 Å². The Labute approximate surface area is 151 Å². The van der Waals surface area contributed by atoms with Gasteiger partial charge in [0.25, 0.3) is 0 Å². The quantitative estimate of drug-likeness (QED) is 0.595. The number of carbonyl (C=O) groups excluding carboxylic acids is 1. The van der Waals surface area contributed by atoms with Crippen LogP contribution in [0.1, 0.15) is 23.7 Å². The molecule has 0 saturated heterocycles. The SMILES string of the molecule is CCCOC(=O)c1cc(-c2ccc(OC)cc2)nc2ccc(Cl)cc12. The molecule has 5 heteroatoms. The Morgan fingerprint density at radius 3 is 2.56 bits per heavy atom. The standard InChI is InChI=1S/C20H18ClNO3/c1-3-10-25-20(23)17-12-19(13-4-7-15(24-2)8-5-13)22-18-9-6-14(21)11-16(17)18/h4-9,11-12H,3,10H2,1-2H3. The van der Waals surface area contributed by atoms with Gasteiger partial charge in [-0.3, -0.25) is 0 Å². The molecule has 4 nitrogen and oxygen atoms in total. The third-order valence-corrected chi connectivity index (χ3v) is 4.05. The van der Waals surface area contributed by atoms with Crippen LogP contribution in [0.2, 0.25) is 5.02 Å². The molecule has 1 aromatic heterocycles. The number of benzene rings is 2. The number of pyridine rings is 1. The molecule has 25 heavy (non-hydrogen) atoms. The molecule has 0 radical (unpaired) electrons. The van der Waals surface area contributed by atoms with E-state index < -0.39 is 0 Å². The van der Waals surface area contributed by atoms with Gasteiger partial charge in [0.15, 0.2) is 0 Å². The molecule has 0 N–H and O–H groups in total. The van der Waals surface area contributed by atoms with E-state index in [0.717, 1.165) is 17.7 Å². The molecule has 0 aliphatic carbocycles. The van der Waals surface area contributed by atoms with Crippen molar-refractivity contribution in [2.75, 3.05) is 13.7 Å². The summed E-state index contributed by atoms with van der Waals surface area (Å²) in [4.78, 5) is 17.2. The maximum atomic E-state index is 12.5. The van der Waals surface area contributed by atoms with Crippen LogP contribution in [0.15, 0.2) is 48.5 Å². The predicted octanol–water partition coefficient (Wildman–Crippen LogP) is 5.13. The minimum atomic E-state index is -0.369. The lowest BCUT2D eigenvalue weighted by Gasteiger charge is -2.10. The van der Waals surface area contributed by atoms with Gasteiger partial charge in [0.05, 0.1) is 30.5 Å². The highest BCUT2D eigenvalue weighted by Gasteiger charge is 2.15. The van der Waals surface area contributed by atoms with Crippen molar-refractivity contribution in [2.24, 2.45) is 0 Å². The van der Waals surface area contributed by atoms with Gasteiger partial charge in [-0.1, -0.05) is 18.5 Å². The Morgan fingerprint density at radius 1 is 1.12 bits per heavy atom. The topological polar surface area (TPSA) is 48.4 Å². The van der Waals surface area contributed by atoms with Gasteiger partial charge in [-0.25, -0.2) is 9.78 Å². The second-order valence-corrected chi connectivity index (χ2v) is 6.02. The average molecular weight is 356 g/mol. The second kappa shape index (κ2) is 7.53. The van der Waals surface area contributed by atoms with E-state index in [9.17, 15) is 4.79 Å². The Kier molecular flexibility index (Phi) is 5.19. The molecular formula is C20H18ClNO3. The van der Waals surface area contributed by atoms with E-state index in [2.05, 4.69) is 4.98 Å². The highest BCUT2D eigenvalue weighted by Crippen LogP contribution is 2.28. The summed E-state index contributed by atoms with van der Waals surface area (Å²) in [5.74, 6) is 0.394. The van der Waals surface area contributed by atoms with E-state index in [1.807, 2.05) is 31.2 Å². The first-order valence-electron chi connectivity index (χ1n) is 8.04. The lowest BCUT2D eigenvalue weighted by molar-refractivity contribution is 0.0507. The summed E-state index contributed by atoms with van der Waals surface area (Å²) in [6.45, 7) is 2.33. The first-order chi connectivity index (χ1) is 12.1. The van der Waals surface area contributed by atoms with Gasteiger partial charge in [0.1, 0.15) is 5.75 Å². The van der Waals surface area contributed by atoms with Crippen molar-refractivity contribution >= 4 is 28.5 Å². The van der Waals surface area contributed by atoms with E-state index in [-0.39, 0.29) is 5.97 Å². The van der Waals surface area contributed by atoms with Crippen molar-refractivity contribution in [2.45, 2.75) is 13.3 Å². The van der Waals surface area contributed by atoms with Crippen LogP contribution >= 0.6 is 11.6 Å². The highest BCUT2D eigenvalue weighted by molar-refractivity contribution is 6.31. The number of aromatic nitrogens is 1. The smallest absolute Gasteiger partial charge is 0.338 e. The number of fused-ring (bicyclic) bond motifs is 1. The molecule has 3 aromatic rings. The van der Waals surface area contributed by atoms with Crippen molar-refractivity contribution in [1.82, 2.24) is 4.98 Å². The summed E-state index contributed by atoms with van der Waals surface area (Å²) in [5.41, 5.74) is 2.75. The molecule has 1 heterocycles. The number of rotatable bonds is 5. The van der Waals surface area contributed by atoms with Crippen LogP contribution < -0.4 is 4.74 Å². The molecule has 0 aliphatic heterocycles. The maximum Gasteiger partial charge on any atom is 0.338 e. The molecule has 0 saturated carbocycles. The van der Waals surface area contributed by atoms with Gasteiger partial charge in [-0.15, -0.1) is 0 Å².